The molecular weight excluding hydrogens is 258 g/mol. The number of anilines is 1. The summed E-state index contributed by atoms with van der Waals surface area (Å²) in [5.74, 6) is 0.946. The number of pyridine rings is 1. The van der Waals surface area contributed by atoms with E-state index in [9.17, 15) is 0 Å². The lowest BCUT2D eigenvalue weighted by Gasteiger charge is -2.24. The van der Waals surface area contributed by atoms with Crippen LogP contribution in [0.3, 0.4) is 0 Å². The minimum atomic E-state index is 0.554. The molecule has 1 aliphatic rings. The van der Waals surface area contributed by atoms with Gasteiger partial charge in [0.15, 0.2) is 0 Å². The van der Waals surface area contributed by atoms with Crippen LogP contribution in [0.4, 0.5) is 5.82 Å². The average Bonchev–Trinajstić information content (AvgIpc) is 2.45. The Hall–Kier alpha value is -1.32. The Balaban J connectivity index is 1.76. The van der Waals surface area contributed by atoms with Crippen LogP contribution in [0.5, 0.6) is 0 Å². The highest BCUT2D eigenvalue weighted by molar-refractivity contribution is 6.31. The molecule has 2 aromatic rings. The fraction of sp³-hybridized carbons (Fsp3) is 0.400. The fourth-order valence-corrected chi connectivity index (χ4v) is 2.79. The number of nitrogens with one attached hydrogen (secondary N) is 2. The van der Waals surface area contributed by atoms with Gasteiger partial charge in [0.05, 0.1) is 0 Å². The van der Waals surface area contributed by atoms with Crippen molar-refractivity contribution in [2.24, 2.45) is 0 Å². The Kier molecular flexibility index (Phi) is 3.85. The second-order valence-electron chi connectivity index (χ2n) is 5.05. The summed E-state index contributed by atoms with van der Waals surface area (Å²) in [5.41, 5.74) is 0. The molecule has 100 valence electrons. The highest BCUT2D eigenvalue weighted by Gasteiger charge is 2.12. The van der Waals surface area contributed by atoms with Gasteiger partial charge in [0.2, 0.25) is 0 Å². The van der Waals surface area contributed by atoms with Crippen molar-refractivity contribution in [2.75, 3.05) is 18.4 Å². The number of halogens is 1. The summed E-state index contributed by atoms with van der Waals surface area (Å²) in [5, 5.41) is 10.0. The van der Waals surface area contributed by atoms with Crippen molar-refractivity contribution in [1.82, 2.24) is 10.3 Å². The van der Waals surface area contributed by atoms with Gasteiger partial charge in [-0.05, 0) is 49.0 Å². The minimum absolute atomic E-state index is 0.554. The van der Waals surface area contributed by atoms with Gasteiger partial charge < -0.3 is 10.6 Å². The largest absolute Gasteiger partial charge is 0.368 e. The summed E-state index contributed by atoms with van der Waals surface area (Å²) in [6.07, 6.45) is 5.68. The molecule has 0 amide bonds. The van der Waals surface area contributed by atoms with Crippen LogP contribution in [0.1, 0.15) is 19.3 Å². The molecule has 3 nitrogen and oxygen atoms in total. The second-order valence-corrected chi connectivity index (χ2v) is 5.49. The highest BCUT2D eigenvalue weighted by atomic mass is 35.5. The Labute approximate surface area is 118 Å². The van der Waals surface area contributed by atoms with Crippen LogP contribution in [0.25, 0.3) is 10.8 Å². The Morgan fingerprint density at radius 1 is 1.32 bits per heavy atom. The maximum atomic E-state index is 6.02. The topological polar surface area (TPSA) is 37.0 Å². The molecule has 0 radical (unpaired) electrons. The van der Waals surface area contributed by atoms with Gasteiger partial charge in [-0.15, -0.1) is 0 Å². The van der Waals surface area contributed by atoms with Gasteiger partial charge in [-0.25, -0.2) is 4.98 Å². The third-order valence-corrected chi connectivity index (χ3v) is 3.89. The minimum Gasteiger partial charge on any atom is -0.368 e. The molecule has 0 bridgehead atoms. The number of nitrogens with zero attached hydrogens (tertiary/aromatic N) is 1. The van der Waals surface area contributed by atoms with Crippen molar-refractivity contribution in [1.29, 1.82) is 0 Å². The molecule has 1 aliphatic heterocycles. The van der Waals surface area contributed by atoms with E-state index in [0.717, 1.165) is 34.7 Å². The monoisotopic (exact) mass is 275 g/mol. The van der Waals surface area contributed by atoms with E-state index in [1.54, 1.807) is 0 Å². The quantitative estimate of drug-likeness (QED) is 0.901. The number of hydrogen-bond acceptors (Lipinski definition) is 3. The molecule has 1 saturated heterocycles. The van der Waals surface area contributed by atoms with Gasteiger partial charge in [-0.1, -0.05) is 18.0 Å². The van der Waals surface area contributed by atoms with Gasteiger partial charge in [-0.2, -0.15) is 0 Å². The predicted molar refractivity (Wildman–Crippen MR) is 80.9 cm³/mol. The van der Waals surface area contributed by atoms with Gasteiger partial charge >= 0.3 is 0 Å². The molecule has 19 heavy (non-hydrogen) atoms. The predicted octanol–water partition coefficient (Wildman–Crippen LogP) is 3.44. The first kappa shape index (κ1) is 12.7. The van der Waals surface area contributed by atoms with Crippen molar-refractivity contribution in [3.8, 4) is 0 Å². The van der Waals surface area contributed by atoms with Crippen LogP contribution in [0.15, 0.2) is 30.5 Å². The van der Waals surface area contributed by atoms with Crippen LogP contribution in [0.2, 0.25) is 5.02 Å². The van der Waals surface area contributed by atoms with Gasteiger partial charge in [0.1, 0.15) is 5.82 Å². The zero-order valence-corrected chi connectivity index (χ0v) is 11.6. The van der Waals surface area contributed by atoms with Crippen molar-refractivity contribution in [3.63, 3.8) is 0 Å². The van der Waals surface area contributed by atoms with E-state index in [-0.39, 0.29) is 0 Å². The third-order valence-electron chi connectivity index (χ3n) is 3.65. The van der Waals surface area contributed by atoms with Crippen LogP contribution < -0.4 is 10.6 Å². The molecule has 4 heteroatoms. The third kappa shape index (κ3) is 2.99. The maximum absolute atomic E-state index is 6.02. The van der Waals surface area contributed by atoms with Crippen LogP contribution in [0, 0.1) is 0 Å². The lowest BCUT2D eigenvalue weighted by atomic mass is 10.1. The summed E-state index contributed by atoms with van der Waals surface area (Å²) in [4.78, 5) is 4.44. The van der Waals surface area contributed by atoms with Crippen molar-refractivity contribution < 1.29 is 0 Å². The molecule has 0 saturated carbocycles. The first-order valence-electron chi connectivity index (χ1n) is 6.84. The molecule has 0 spiro atoms. The molecule has 1 unspecified atom stereocenters. The standard InChI is InChI=1S/C15H18ClN3/c16-12-4-5-14-11(9-12)6-8-18-15(14)19-10-13-3-1-2-7-17-13/h4-6,8-9,13,17H,1-3,7,10H2,(H,18,19). The molecule has 2 N–H and O–H groups in total. The van der Waals surface area contributed by atoms with E-state index in [1.165, 1.54) is 19.3 Å². The van der Waals surface area contributed by atoms with Crippen molar-refractivity contribution in [3.05, 3.63) is 35.5 Å². The maximum Gasteiger partial charge on any atom is 0.133 e. The van der Waals surface area contributed by atoms with Gasteiger partial charge in [0, 0.05) is 29.2 Å². The SMILES string of the molecule is Clc1ccc2c(NCC3CCCCN3)nccc2c1. The van der Waals surface area contributed by atoms with Gasteiger partial charge in [0.25, 0.3) is 0 Å². The summed E-state index contributed by atoms with van der Waals surface area (Å²) in [7, 11) is 0. The smallest absolute Gasteiger partial charge is 0.133 e. The second kappa shape index (κ2) is 5.76. The molecule has 2 heterocycles. The van der Waals surface area contributed by atoms with Crippen LogP contribution in [-0.2, 0) is 0 Å². The number of piperidine rings is 1. The molecule has 1 fully saturated rings. The number of rotatable bonds is 3. The summed E-state index contributed by atoms with van der Waals surface area (Å²) < 4.78 is 0. The van der Waals surface area contributed by atoms with E-state index in [2.05, 4.69) is 15.6 Å². The lowest BCUT2D eigenvalue weighted by molar-refractivity contribution is 0.414. The van der Waals surface area contributed by atoms with Crippen LogP contribution >= 0.6 is 11.6 Å². The number of fused-ring (bicyclic) bond motifs is 1. The van der Waals surface area contributed by atoms with E-state index in [1.807, 2.05) is 30.5 Å². The summed E-state index contributed by atoms with van der Waals surface area (Å²) in [6.45, 7) is 2.06. The zero-order valence-electron chi connectivity index (χ0n) is 10.8. The number of hydrogen-bond donors (Lipinski definition) is 2. The lowest BCUT2D eigenvalue weighted by Crippen LogP contribution is -2.39. The summed E-state index contributed by atoms with van der Waals surface area (Å²) in [6, 6.07) is 8.46. The Morgan fingerprint density at radius 3 is 3.11 bits per heavy atom. The van der Waals surface area contributed by atoms with Crippen molar-refractivity contribution >= 4 is 28.2 Å². The first-order chi connectivity index (χ1) is 9.33. The molecular formula is C15H18ClN3. The van der Waals surface area contributed by atoms with E-state index < -0.39 is 0 Å². The highest BCUT2D eigenvalue weighted by Crippen LogP contribution is 2.24. The normalized spacial score (nSPS) is 19.5. The van der Waals surface area contributed by atoms with Crippen LogP contribution in [-0.4, -0.2) is 24.1 Å². The van der Waals surface area contributed by atoms with E-state index >= 15 is 0 Å². The number of benzene rings is 1. The molecule has 0 aliphatic carbocycles. The van der Waals surface area contributed by atoms with E-state index in [4.69, 9.17) is 11.6 Å². The zero-order chi connectivity index (χ0) is 13.1. The first-order valence-corrected chi connectivity index (χ1v) is 7.22. The Bertz CT molecular complexity index is 564. The fourth-order valence-electron chi connectivity index (χ4n) is 2.61. The molecule has 1 aromatic carbocycles. The van der Waals surface area contributed by atoms with E-state index in [0.29, 0.717) is 6.04 Å². The Morgan fingerprint density at radius 2 is 2.26 bits per heavy atom. The van der Waals surface area contributed by atoms with Crippen molar-refractivity contribution in [2.45, 2.75) is 25.3 Å². The molecule has 3 rings (SSSR count). The van der Waals surface area contributed by atoms with Gasteiger partial charge in [-0.3, -0.25) is 0 Å². The average molecular weight is 276 g/mol. The molecule has 1 atom stereocenters. The molecule has 1 aromatic heterocycles. The summed E-state index contributed by atoms with van der Waals surface area (Å²) >= 11 is 6.02. The number of aromatic nitrogens is 1.